The molecular formula is C14H16ClNO3. The van der Waals surface area contributed by atoms with Gasteiger partial charge in [0.25, 0.3) is 0 Å². The van der Waals surface area contributed by atoms with Crippen molar-refractivity contribution in [3.8, 4) is 11.8 Å². The lowest BCUT2D eigenvalue weighted by Crippen LogP contribution is -2.18. The van der Waals surface area contributed by atoms with Crippen LogP contribution in [0.5, 0.6) is 0 Å². The van der Waals surface area contributed by atoms with E-state index in [1.54, 1.807) is 32.0 Å². The van der Waals surface area contributed by atoms with Gasteiger partial charge in [-0.1, -0.05) is 23.4 Å². The molecule has 1 aromatic rings. The predicted molar refractivity (Wildman–Crippen MR) is 75.3 cm³/mol. The Bertz CT molecular complexity index is 503. The molecular weight excluding hydrogens is 266 g/mol. The van der Waals surface area contributed by atoms with Gasteiger partial charge < -0.3 is 9.84 Å². The number of hydrogen-bond acceptors (Lipinski definition) is 3. The maximum absolute atomic E-state index is 11.5. The fourth-order valence-electron chi connectivity index (χ4n) is 1.30. The van der Waals surface area contributed by atoms with E-state index in [2.05, 4.69) is 17.2 Å². The lowest BCUT2D eigenvalue weighted by molar-refractivity contribution is 0.130. The van der Waals surface area contributed by atoms with E-state index < -0.39 is 6.09 Å². The first kappa shape index (κ1) is 15.4. The molecule has 0 bridgehead atoms. The van der Waals surface area contributed by atoms with Gasteiger partial charge in [-0.05, 0) is 32.0 Å². The van der Waals surface area contributed by atoms with E-state index in [0.29, 0.717) is 22.7 Å². The number of amides is 1. The highest BCUT2D eigenvalue weighted by Crippen LogP contribution is 2.20. The summed E-state index contributed by atoms with van der Waals surface area (Å²) < 4.78 is 4.99. The number of hydrogen-bond donors (Lipinski definition) is 2. The summed E-state index contributed by atoms with van der Waals surface area (Å²) in [6, 6.07) is 4.97. The number of nitrogens with one attached hydrogen (secondary N) is 1. The van der Waals surface area contributed by atoms with E-state index in [4.69, 9.17) is 21.4 Å². The maximum Gasteiger partial charge on any atom is 0.411 e. The summed E-state index contributed by atoms with van der Waals surface area (Å²) in [6.45, 7) is 3.53. The van der Waals surface area contributed by atoms with Gasteiger partial charge in [0.05, 0.1) is 18.4 Å². The molecule has 0 heterocycles. The van der Waals surface area contributed by atoms with Gasteiger partial charge in [0.1, 0.15) is 0 Å². The Morgan fingerprint density at radius 2 is 2.26 bits per heavy atom. The Labute approximate surface area is 117 Å². The van der Waals surface area contributed by atoms with Crippen LogP contribution in [0, 0.1) is 11.8 Å². The Balaban J connectivity index is 2.88. The number of carbonyl (C=O) groups is 1. The number of aliphatic hydroxyl groups excluding tert-OH is 1. The molecule has 0 atom stereocenters. The van der Waals surface area contributed by atoms with Crippen LogP contribution in [0.1, 0.15) is 25.8 Å². The summed E-state index contributed by atoms with van der Waals surface area (Å²) >= 11 is 5.89. The van der Waals surface area contributed by atoms with Crippen LogP contribution < -0.4 is 5.32 Å². The molecule has 1 rings (SSSR count). The largest absolute Gasteiger partial charge is 0.447 e. The minimum Gasteiger partial charge on any atom is -0.447 e. The third-order valence-electron chi connectivity index (χ3n) is 2.02. The van der Waals surface area contributed by atoms with Crippen molar-refractivity contribution in [2.45, 2.75) is 26.4 Å². The number of anilines is 1. The van der Waals surface area contributed by atoms with E-state index in [0.717, 1.165) is 0 Å². The molecule has 0 aliphatic carbocycles. The van der Waals surface area contributed by atoms with Gasteiger partial charge in [-0.15, -0.1) is 0 Å². The first-order valence-electron chi connectivity index (χ1n) is 5.90. The zero-order chi connectivity index (χ0) is 14.3. The van der Waals surface area contributed by atoms with Crippen molar-refractivity contribution in [3.63, 3.8) is 0 Å². The molecule has 2 N–H and O–H groups in total. The average Bonchev–Trinajstić information content (AvgIpc) is 2.32. The van der Waals surface area contributed by atoms with E-state index in [-0.39, 0.29) is 12.7 Å². The zero-order valence-electron chi connectivity index (χ0n) is 10.9. The van der Waals surface area contributed by atoms with E-state index in [1.165, 1.54) is 0 Å². The summed E-state index contributed by atoms with van der Waals surface area (Å²) in [4.78, 5) is 11.5. The highest BCUT2D eigenvalue weighted by molar-refractivity contribution is 6.30. The Hall–Kier alpha value is -1.70. The molecule has 5 heteroatoms. The van der Waals surface area contributed by atoms with Crippen molar-refractivity contribution in [2.75, 3.05) is 11.9 Å². The maximum atomic E-state index is 11.5. The first-order chi connectivity index (χ1) is 9.02. The molecule has 4 nitrogen and oxygen atoms in total. The number of carbonyl (C=O) groups excluding carboxylic acids is 1. The molecule has 0 fully saturated rings. The normalized spacial score (nSPS) is 9.74. The second-order valence-corrected chi connectivity index (χ2v) is 4.48. The molecule has 0 saturated heterocycles. The number of benzene rings is 1. The van der Waals surface area contributed by atoms with Crippen molar-refractivity contribution in [2.24, 2.45) is 0 Å². The minimum atomic E-state index is -0.539. The third kappa shape index (κ3) is 5.64. The van der Waals surface area contributed by atoms with Crippen LogP contribution in [0.2, 0.25) is 5.02 Å². The van der Waals surface area contributed by atoms with Gasteiger partial charge in [-0.3, -0.25) is 5.32 Å². The molecule has 0 spiro atoms. The number of rotatable bonds is 3. The summed E-state index contributed by atoms with van der Waals surface area (Å²) in [6.07, 6.45) is -0.374. The number of halogens is 1. The van der Waals surface area contributed by atoms with E-state index in [1.807, 2.05) is 0 Å². The standard InChI is InChI=1S/C14H16ClNO3/c1-10(2)19-14(18)16-13-7-6-12(15)9-11(13)5-3-4-8-17/h6-7,9-10,17H,4,8H2,1-2H3,(H,16,18). The van der Waals surface area contributed by atoms with Crippen molar-refractivity contribution in [3.05, 3.63) is 28.8 Å². The fraction of sp³-hybridized carbons (Fsp3) is 0.357. The van der Waals surface area contributed by atoms with Crippen molar-refractivity contribution < 1.29 is 14.6 Å². The van der Waals surface area contributed by atoms with Gasteiger partial charge in [0.2, 0.25) is 0 Å². The average molecular weight is 282 g/mol. The van der Waals surface area contributed by atoms with Gasteiger partial charge >= 0.3 is 6.09 Å². The van der Waals surface area contributed by atoms with Crippen molar-refractivity contribution in [1.29, 1.82) is 0 Å². The fourth-order valence-corrected chi connectivity index (χ4v) is 1.47. The molecule has 0 radical (unpaired) electrons. The van der Waals surface area contributed by atoms with Gasteiger partial charge in [0.15, 0.2) is 0 Å². The highest BCUT2D eigenvalue weighted by atomic mass is 35.5. The quantitative estimate of drug-likeness (QED) is 0.837. The monoisotopic (exact) mass is 281 g/mol. The van der Waals surface area contributed by atoms with Crippen LogP contribution >= 0.6 is 11.6 Å². The van der Waals surface area contributed by atoms with Gasteiger partial charge in [-0.25, -0.2) is 4.79 Å². The second-order valence-electron chi connectivity index (χ2n) is 4.04. The second kappa shape index (κ2) is 7.67. The summed E-state index contributed by atoms with van der Waals surface area (Å²) in [7, 11) is 0. The Morgan fingerprint density at radius 3 is 2.89 bits per heavy atom. The minimum absolute atomic E-state index is 0.00822. The zero-order valence-corrected chi connectivity index (χ0v) is 11.6. The lowest BCUT2D eigenvalue weighted by atomic mass is 10.2. The molecule has 19 heavy (non-hydrogen) atoms. The van der Waals surface area contributed by atoms with Gasteiger partial charge in [0, 0.05) is 17.0 Å². The molecule has 0 aliphatic heterocycles. The third-order valence-corrected chi connectivity index (χ3v) is 2.26. The van der Waals surface area contributed by atoms with Crippen LogP contribution in [-0.4, -0.2) is 23.9 Å². The van der Waals surface area contributed by atoms with Crippen LogP contribution in [0.25, 0.3) is 0 Å². The first-order valence-corrected chi connectivity index (χ1v) is 6.27. The number of ether oxygens (including phenoxy) is 1. The van der Waals surface area contributed by atoms with Crippen LogP contribution in [0.4, 0.5) is 10.5 Å². The topological polar surface area (TPSA) is 58.6 Å². The molecule has 0 aromatic heterocycles. The van der Waals surface area contributed by atoms with Crippen LogP contribution in [-0.2, 0) is 4.74 Å². The molecule has 1 amide bonds. The summed E-state index contributed by atoms with van der Waals surface area (Å²) in [5.74, 6) is 5.63. The summed E-state index contributed by atoms with van der Waals surface area (Å²) in [5, 5.41) is 11.8. The summed E-state index contributed by atoms with van der Waals surface area (Å²) in [5.41, 5.74) is 1.11. The van der Waals surface area contributed by atoms with Gasteiger partial charge in [-0.2, -0.15) is 0 Å². The van der Waals surface area contributed by atoms with E-state index >= 15 is 0 Å². The highest BCUT2D eigenvalue weighted by Gasteiger charge is 2.08. The molecule has 1 aromatic carbocycles. The van der Waals surface area contributed by atoms with Crippen LogP contribution in [0.3, 0.4) is 0 Å². The van der Waals surface area contributed by atoms with E-state index in [9.17, 15) is 4.79 Å². The molecule has 0 aliphatic rings. The smallest absolute Gasteiger partial charge is 0.411 e. The Kier molecular flexibility index (Phi) is 6.20. The predicted octanol–water partition coefficient (Wildman–Crippen LogP) is 3.03. The molecule has 102 valence electrons. The molecule has 0 saturated carbocycles. The lowest BCUT2D eigenvalue weighted by Gasteiger charge is -2.11. The SMILES string of the molecule is CC(C)OC(=O)Nc1ccc(Cl)cc1C#CCCO. The van der Waals surface area contributed by atoms with Crippen LogP contribution in [0.15, 0.2) is 18.2 Å². The molecule has 0 unspecified atom stereocenters. The number of aliphatic hydroxyl groups is 1. The van der Waals surface area contributed by atoms with Crippen molar-refractivity contribution >= 4 is 23.4 Å². The van der Waals surface area contributed by atoms with Crippen molar-refractivity contribution in [1.82, 2.24) is 0 Å². The Morgan fingerprint density at radius 1 is 1.53 bits per heavy atom.